The number of rotatable bonds is 0. The molecular formula is C8H12N2O2. The predicted octanol–water partition coefficient (Wildman–Crippen LogP) is -0.791. The summed E-state index contributed by atoms with van der Waals surface area (Å²) < 4.78 is 0. The maximum Gasteiger partial charge on any atom is 0.234 e. The fourth-order valence-corrected chi connectivity index (χ4v) is 2.12. The van der Waals surface area contributed by atoms with Crippen LogP contribution in [0.4, 0.5) is 0 Å². The molecule has 4 heteroatoms. The van der Waals surface area contributed by atoms with Crippen molar-refractivity contribution in [3.8, 4) is 0 Å². The SMILES string of the molecule is C[C@@H]1NC[C@H]2C(=O)N(C)C(=O)[C@H]12. The number of fused-ring (bicyclic) bond motifs is 1. The van der Waals surface area contributed by atoms with Gasteiger partial charge in [-0.05, 0) is 6.92 Å². The van der Waals surface area contributed by atoms with E-state index in [1.54, 1.807) is 7.05 Å². The summed E-state index contributed by atoms with van der Waals surface area (Å²) in [6, 6.07) is 0.149. The molecule has 2 amide bonds. The van der Waals surface area contributed by atoms with E-state index in [1.807, 2.05) is 6.92 Å². The third-order valence-corrected chi connectivity index (χ3v) is 2.90. The number of amides is 2. The van der Waals surface area contributed by atoms with Gasteiger partial charge in [-0.25, -0.2) is 0 Å². The van der Waals surface area contributed by atoms with Crippen molar-refractivity contribution in [2.24, 2.45) is 11.8 Å². The molecule has 0 aromatic carbocycles. The van der Waals surface area contributed by atoms with Gasteiger partial charge in [0, 0.05) is 19.6 Å². The highest BCUT2D eigenvalue weighted by molar-refractivity contribution is 6.05. The molecule has 0 aliphatic carbocycles. The smallest absolute Gasteiger partial charge is 0.234 e. The number of hydrogen-bond acceptors (Lipinski definition) is 3. The molecule has 1 N–H and O–H groups in total. The van der Waals surface area contributed by atoms with Crippen molar-refractivity contribution in [3.63, 3.8) is 0 Å². The average molecular weight is 168 g/mol. The second-order valence-electron chi connectivity index (χ2n) is 3.56. The van der Waals surface area contributed by atoms with E-state index in [0.29, 0.717) is 6.54 Å². The van der Waals surface area contributed by atoms with Crippen LogP contribution in [0, 0.1) is 11.8 Å². The largest absolute Gasteiger partial charge is 0.313 e. The maximum absolute atomic E-state index is 11.5. The first-order chi connectivity index (χ1) is 5.63. The molecule has 0 aromatic heterocycles. The van der Waals surface area contributed by atoms with E-state index < -0.39 is 0 Å². The second-order valence-corrected chi connectivity index (χ2v) is 3.56. The minimum Gasteiger partial charge on any atom is -0.313 e. The van der Waals surface area contributed by atoms with E-state index in [1.165, 1.54) is 4.90 Å². The molecule has 66 valence electrons. The van der Waals surface area contributed by atoms with Gasteiger partial charge in [-0.1, -0.05) is 0 Å². The van der Waals surface area contributed by atoms with Crippen LogP contribution in [0.2, 0.25) is 0 Å². The molecule has 0 spiro atoms. The lowest BCUT2D eigenvalue weighted by Crippen LogP contribution is -2.34. The molecular weight excluding hydrogens is 156 g/mol. The Morgan fingerprint density at radius 1 is 1.42 bits per heavy atom. The summed E-state index contributed by atoms with van der Waals surface area (Å²) in [6.45, 7) is 2.61. The van der Waals surface area contributed by atoms with Crippen LogP contribution in [0.3, 0.4) is 0 Å². The van der Waals surface area contributed by atoms with Crippen LogP contribution < -0.4 is 5.32 Å². The second kappa shape index (κ2) is 2.29. The van der Waals surface area contributed by atoms with Gasteiger partial charge in [0.1, 0.15) is 0 Å². The van der Waals surface area contributed by atoms with E-state index in [4.69, 9.17) is 0 Å². The molecule has 2 aliphatic rings. The summed E-state index contributed by atoms with van der Waals surface area (Å²) in [4.78, 5) is 24.1. The van der Waals surface area contributed by atoms with Gasteiger partial charge in [0.2, 0.25) is 11.8 Å². The summed E-state index contributed by atoms with van der Waals surface area (Å²) in [5.41, 5.74) is 0. The highest BCUT2D eigenvalue weighted by atomic mass is 16.2. The topological polar surface area (TPSA) is 49.4 Å². The first kappa shape index (κ1) is 7.73. The zero-order valence-electron chi connectivity index (χ0n) is 7.20. The Hall–Kier alpha value is -0.900. The van der Waals surface area contributed by atoms with E-state index in [2.05, 4.69) is 5.32 Å². The van der Waals surface area contributed by atoms with Crippen molar-refractivity contribution in [1.82, 2.24) is 10.2 Å². The highest BCUT2D eigenvalue weighted by Crippen LogP contribution is 2.31. The minimum absolute atomic E-state index is 0.0255. The van der Waals surface area contributed by atoms with Gasteiger partial charge in [0.15, 0.2) is 0 Å². The Labute approximate surface area is 70.9 Å². The zero-order chi connectivity index (χ0) is 8.88. The van der Waals surface area contributed by atoms with E-state index in [0.717, 1.165) is 0 Å². The van der Waals surface area contributed by atoms with Gasteiger partial charge in [0.25, 0.3) is 0 Å². The first-order valence-corrected chi connectivity index (χ1v) is 4.17. The number of carbonyl (C=O) groups is 2. The average Bonchev–Trinajstić information content (AvgIpc) is 2.51. The summed E-state index contributed by atoms with van der Waals surface area (Å²) in [5, 5.41) is 3.13. The van der Waals surface area contributed by atoms with Crippen LogP contribution in [-0.4, -0.2) is 36.3 Å². The number of imide groups is 1. The highest BCUT2D eigenvalue weighted by Gasteiger charge is 2.51. The molecule has 4 nitrogen and oxygen atoms in total. The van der Waals surface area contributed by atoms with E-state index in [9.17, 15) is 9.59 Å². The molecule has 3 atom stereocenters. The molecule has 12 heavy (non-hydrogen) atoms. The van der Waals surface area contributed by atoms with Crippen molar-refractivity contribution >= 4 is 11.8 Å². The molecule has 0 saturated carbocycles. The Kier molecular flexibility index (Phi) is 1.48. The van der Waals surface area contributed by atoms with Gasteiger partial charge in [-0.2, -0.15) is 0 Å². The molecule has 0 bridgehead atoms. The quantitative estimate of drug-likeness (QED) is 0.482. The summed E-state index contributed by atoms with van der Waals surface area (Å²) >= 11 is 0. The molecule has 0 aromatic rings. The van der Waals surface area contributed by atoms with Crippen molar-refractivity contribution < 1.29 is 9.59 Å². The Morgan fingerprint density at radius 3 is 2.67 bits per heavy atom. The third kappa shape index (κ3) is 0.756. The van der Waals surface area contributed by atoms with Crippen LogP contribution in [0.1, 0.15) is 6.92 Å². The Bertz CT molecular complexity index is 251. The summed E-state index contributed by atoms with van der Waals surface area (Å²) in [6.07, 6.45) is 0. The van der Waals surface area contributed by atoms with Crippen LogP contribution >= 0.6 is 0 Å². The Morgan fingerprint density at radius 2 is 2.08 bits per heavy atom. The third-order valence-electron chi connectivity index (χ3n) is 2.90. The molecule has 2 rings (SSSR count). The fourth-order valence-electron chi connectivity index (χ4n) is 2.12. The van der Waals surface area contributed by atoms with E-state index in [-0.39, 0.29) is 29.7 Å². The standard InChI is InChI=1S/C8H12N2O2/c1-4-6-5(3-9-4)7(11)10(2)8(6)12/h4-6,9H,3H2,1-2H3/t4-,5+,6+/m0/s1. The van der Waals surface area contributed by atoms with Gasteiger partial charge >= 0.3 is 0 Å². The van der Waals surface area contributed by atoms with Crippen molar-refractivity contribution in [3.05, 3.63) is 0 Å². The number of carbonyl (C=O) groups excluding carboxylic acids is 2. The van der Waals surface area contributed by atoms with Gasteiger partial charge in [0.05, 0.1) is 11.8 Å². The van der Waals surface area contributed by atoms with Gasteiger partial charge in [-0.15, -0.1) is 0 Å². The number of hydrogen-bond donors (Lipinski definition) is 1. The lowest BCUT2D eigenvalue weighted by atomic mass is 9.94. The Balaban J connectivity index is 2.32. The number of likely N-dealkylation sites (tertiary alicyclic amines) is 1. The molecule has 2 saturated heterocycles. The van der Waals surface area contributed by atoms with Crippen molar-refractivity contribution in [1.29, 1.82) is 0 Å². The zero-order valence-corrected chi connectivity index (χ0v) is 7.20. The minimum atomic E-state index is -0.109. The molecule has 2 heterocycles. The van der Waals surface area contributed by atoms with Crippen molar-refractivity contribution in [2.75, 3.05) is 13.6 Å². The summed E-state index contributed by atoms with van der Waals surface area (Å²) in [7, 11) is 1.57. The van der Waals surface area contributed by atoms with Gasteiger partial charge in [-0.3, -0.25) is 14.5 Å². The maximum atomic E-state index is 11.5. The van der Waals surface area contributed by atoms with Gasteiger partial charge < -0.3 is 5.32 Å². The number of nitrogens with zero attached hydrogens (tertiary/aromatic N) is 1. The van der Waals surface area contributed by atoms with E-state index >= 15 is 0 Å². The monoisotopic (exact) mass is 168 g/mol. The molecule has 0 unspecified atom stereocenters. The van der Waals surface area contributed by atoms with Crippen LogP contribution in [0.5, 0.6) is 0 Å². The lowest BCUT2D eigenvalue weighted by molar-refractivity contribution is -0.138. The normalized spacial score (nSPS) is 40.8. The molecule has 0 radical (unpaired) electrons. The lowest BCUT2D eigenvalue weighted by Gasteiger charge is -2.11. The number of nitrogens with one attached hydrogen (secondary N) is 1. The van der Waals surface area contributed by atoms with Crippen LogP contribution in [-0.2, 0) is 9.59 Å². The van der Waals surface area contributed by atoms with Crippen molar-refractivity contribution in [2.45, 2.75) is 13.0 Å². The fraction of sp³-hybridized carbons (Fsp3) is 0.750. The van der Waals surface area contributed by atoms with Crippen LogP contribution in [0.15, 0.2) is 0 Å². The predicted molar refractivity (Wildman–Crippen MR) is 42.2 cm³/mol. The first-order valence-electron chi connectivity index (χ1n) is 4.17. The van der Waals surface area contributed by atoms with Crippen LogP contribution in [0.25, 0.3) is 0 Å². The summed E-state index contributed by atoms with van der Waals surface area (Å²) in [5.74, 6) is -0.260. The molecule has 2 fully saturated rings. The molecule has 2 aliphatic heterocycles.